The average molecular weight is 159 g/mol. The third kappa shape index (κ3) is 1.11. The smallest absolute Gasteiger partial charge is 0.0422 e. The topological polar surface area (TPSA) is 12.0 Å². The molecule has 0 aromatic heterocycles. The number of fused-ring (bicyclic) bond motifs is 1. The van der Waals surface area contributed by atoms with Crippen LogP contribution in [0.2, 0.25) is 0 Å². The predicted molar refractivity (Wildman–Crippen MR) is 53.2 cm³/mol. The van der Waals surface area contributed by atoms with E-state index in [-0.39, 0.29) is 0 Å². The SMILES string of the molecule is CC1=CC(C)Nc2ccccc21. The van der Waals surface area contributed by atoms with Crippen molar-refractivity contribution in [2.75, 3.05) is 5.32 Å². The maximum atomic E-state index is 3.41. The van der Waals surface area contributed by atoms with Crippen molar-refractivity contribution in [2.45, 2.75) is 19.9 Å². The normalized spacial score (nSPS) is 20.8. The number of anilines is 1. The Bertz CT molecular complexity index is 326. The molecule has 0 aliphatic carbocycles. The van der Waals surface area contributed by atoms with E-state index in [1.54, 1.807) is 0 Å². The lowest BCUT2D eigenvalue weighted by atomic mass is 9.99. The fourth-order valence-electron chi connectivity index (χ4n) is 1.70. The summed E-state index contributed by atoms with van der Waals surface area (Å²) in [6.07, 6.45) is 2.25. The van der Waals surface area contributed by atoms with Gasteiger partial charge in [-0.2, -0.15) is 0 Å². The molecule has 1 aromatic rings. The molecule has 1 unspecified atom stereocenters. The molecular weight excluding hydrogens is 146 g/mol. The van der Waals surface area contributed by atoms with Crippen LogP contribution in [0.3, 0.4) is 0 Å². The minimum atomic E-state index is 0.458. The first kappa shape index (κ1) is 7.41. The Morgan fingerprint density at radius 2 is 2.00 bits per heavy atom. The van der Waals surface area contributed by atoms with Crippen molar-refractivity contribution in [1.29, 1.82) is 0 Å². The zero-order valence-corrected chi connectivity index (χ0v) is 7.46. The molecule has 1 atom stereocenters. The second-order valence-corrected chi connectivity index (χ2v) is 3.33. The van der Waals surface area contributed by atoms with Gasteiger partial charge in [-0.05, 0) is 25.5 Å². The molecule has 1 aromatic carbocycles. The molecule has 1 nitrogen and oxygen atoms in total. The zero-order valence-electron chi connectivity index (χ0n) is 7.46. The van der Waals surface area contributed by atoms with Gasteiger partial charge in [-0.1, -0.05) is 24.3 Å². The van der Waals surface area contributed by atoms with Crippen molar-refractivity contribution < 1.29 is 0 Å². The molecule has 1 aliphatic rings. The third-order valence-corrected chi connectivity index (χ3v) is 2.24. The molecule has 0 bridgehead atoms. The van der Waals surface area contributed by atoms with Crippen LogP contribution in [-0.4, -0.2) is 6.04 Å². The van der Waals surface area contributed by atoms with Crippen molar-refractivity contribution in [3.8, 4) is 0 Å². The number of para-hydroxylation sites is 1. The van der Waals surface area contributed by atoms with Crippen molar-refractivity contribution >= 4 is 11.3 Å². The first-order valence-corrected chi connectivity index (χ1v) is 4.32. The highest BCUT2D eigenvalue weighted by Crippen LogP contribution is 2.28. The molecule has 0 spiro atoms. The highest BCUT2D eigenvalue weighted by atomic mass is 14.9. The highest BCUT2D eigenvalue weighted by molar-refractivity contribution is 5.78. The monoisotopic (exact) mass is 159 g/mol. The summed E-state index contributed by atoms with van der Waals surface area (Å²) in [5.74, 6) is 0. The fourth-order valence-corrected chi connectivity index (χ4v) is 1.70. The number of hydrogen-bond donors (Lipinski definition) is 1. The fraction of sp³-hybridized carbons (Fsp3) is 0.273. The number of hydrogen-bond acceptors (Lipinski definition) is 1. The molecule has 1 N–H and O–H groups in total. The summed E-state index contributed by atoms with van der Waals surface area (Å²) in [5.41, 5.74) is 3.96. The third-order valence-electron chi connectivity index (χ3n) is 2.24. The van der Waals surface area contributed by atoms with Gasteiger partial charge in [0, 0.05) is 17.3 Å². The van der Waals surface area contributed by atoms with E-state index in [9.17, 15) is 0 Å². The minimum Gasteiger partial charge on any atom is -0.379 e. The number of allylic oxidation sites excluding steroid dienone is 1. The number of nitrogens with one attached hydrogen (secondary N) is 1. The van der Waals surface area contributed by atoms with Gasteiger partial charge in [0.2, 0.25) is 0 Å². The van der Waals surface area contributed by atoms with Crippen molar-refractivity contribution in [3.63, 3.8) is 0 Å². The Morgan fingerprint density at radius 3 is 2.83 bits per heavy atom. The molecule has 1 aliphatic heterocycles. The standard InChI is InChI=1S/C11H13N/c1-8-7-9(2)12-11-6-4-3-5-10(8)11/h3-7,9,12H,1-2H3. The summed E-state index contributed by atoms with van der Waals surface area (Å²) >= 11 is 0. The highest BCUT2D eigenvalue weighted by Gasteiger charge is 2.11. The van der Waals surface area contributed by atoms with Crippen LogP contribution in [0.15, 0.2) is 30.3 Å². The van der Waals surface area contributed by atoms with E-state index in [1.165, 1.54) is 16.8 Å². The van der Waals surface area contributed by atoms with Crippen LogP contribution in [0.5, 0.6) is 0 Å². The van der Waals surface area contributed by atoms with Crippen LogP contribution in [-0.2, 0) is 0 Å². The van der Waals surface area contributed by atoms with Gasteiger partial charge < -0.3 is 5.32 Å². The van der Waals surface area contributed by atoms with Crippen molar-refractivity contribution in [1.82, 2.24) is 0 Å². The van der Waals surface area contributed by atoms with Gasteiger partial charge in [-0.15, -0.1) is 0 Å². The maximum Gasteiger partial charge on any atom is 0.0422 e. The van der Waals surface area contributed by atoms with Gasteiger partial charge in [0.05, 0.1) is 0 Å². The van der Waals surface area contributed by atoms with E-state index in [0.717, 1.165) is 0 Å². The van der Waals surface area contributed by atoms with Crippen molar-refractivity contribution in [2.24, 2.45) is 0 Å². The van der Waals surface area contributed by atoms with E-state index in [1.807, 2.05) is 0 Å². The first-order chi connectivity index (χ1) is 5.77. The predicted octanol–water partition coefficient (Wildman–Crippen LogP) is 2.90. The molecule has 1 heterocycles. The van der Waals surface area contributed by atoms with Gasteiger partial charge >= 0.3 is 0 Å². The Labute approximate surface area is 73.1 Å². The Balaban J connectivity index is 2.53. The van der Waals surface area contributed by atoms with E-state index in [0.29, 0.717) is 6.04 Å². The summed E-state index contributed by atoms with van der Waals surface area (Å²) in [5, 5.41) is 3.41. The van der Waals surface area contributed by atoms with Crippen LogP contribution < -0.4 is 5.32 Å². The molecule has 2 rings (SSSR count). The molecule has 0 saturated carbocycles. The Hall–Kier alpha value is -1.24. The first-order valence-electron chi connectivity index (χ1n) is 4.32. The molecule has 62 valence electrons. The van der Waals surface area contributed by atoms with Crippen LogP contribution in [0.1, 0.15) is 19.4 Å². The lowest BCUT2D eigenvalue weighted by Gasteiger charge is -2.21. The van der Waals surface area contributed by atoms with E-state index in [4.69, 9.17) is 0 Å². The van der Waals surface area contributed by atoms with Crippen molar-refractivity contribution in [3.05, 3.63) is 35.9 Å². The van der Waals surface area contributed by atoms with E-state index >= 15 is 0 Å². The molecule has 1 heteroatoms. The Morgan fingerprint density at radius 1 is 1.25 bits per heavy atom. The lowest BCUT2D eigenvalue weighted by Crippen LogP contribution is -2.17. The number of rotatable bonds is 0. The maximum absolute atomic E-state index is 3.41. The second kappa shape index (κ2) is 2.67. The molecule has 0 amide bonds. The largest absolute Gasteiger partial charge is 0.379 e. The van der Waals surface area contributed by atoms with E-state index in [2.05, 4.69) is 49.5 Å². The molecule has 0 saturated heterocycles. The Kier molecular flexibility index (Phi) is 1.65. The van der Waals surface area contributed by atoms with Gasteiger partial charge in [0.15, 0.2) is 0 Å². The van der Waals surface area contributed by atoms with Gasteiger partial charge in [-0.25, -0.2) is 0 Å². The minimum absolute atomic E-state index is 0.458. The van der Waals surface area contributed by atoms with Crippen LogP contribution in [0.25, 0.3) is 5.57 Å². The van der Waals surface area contributed by atoms with Crippen LogP contribution >= 0.6 is 0 Å². The summed E-state index contributed by atoms with van der Waals surface area (Å²) < 4.78 is 0. The molecular formula is C11H13N. The van der Waals surface area contributed by atoms with Crippen LogP contribution in [0, 0.1) is 0 Å². The summed E-state index contributed by atoms with van der Waals surface area (Å²) in [4.78, 5) is 0. The van der Waals surface area contributed by atoms with Crippen LogP contribution in [0.4, 0.5) is 5.69 Å². The molecule has 12 heavy (non-hydrogen) atoms. The number of benzene rings is 1. The van der Waals surface area contributed by atoms with Gasteiger partial charge in [0.1, 0.15) is 0 Å². The van der Waals surface area contributed by atoms with Gasteiger partial charge in [-0.3, -0.25) is 0 Å². The zero-order chi connectivity index (χ0) is 8.55. The molecule has 0 fully saturated rings. The summed E-state index contributed by atoms with van der Waals surface area (Å²) in [7, 11) is 0. The average Bonchev–Trinajstić information content (AvgIpc) is 2.04. The lowest BCUT2D eigenvalue weighted by molar-refractivity contribution is 0.984. The van der Waals surface area contributed by atoms with Gasteiger partial charge in [0.25, 0.3) is 0 Å². The molecule has 0 radical (unpaired) electrons. The summed E-state index contributed by atoms with van der Waals surface area (Å²) in [6, 6.07) is 8.88. The second-order valence-electron chi connectivity index (χ2n) is 3.33. The van der Waals surface area contributed by atoms with E-state index < -0.39 is 0 Å². The summed E-state index contributed by atoms with van der Waals surface area (Å²) in [6.45, 7) is 4.33. The quantitative estimate of drug-likeness (QED) is 0.613.